The first-order chi connectivity index (χ1) is 10.2. The second-order valence-electron chi connectivity index (χ2n) is 5.03. The minimum atomic E-state index is -0.142. The number of rotatable bonds is 6. The molecule has 0 bridgehead atoms. The molecule has 1 aromatic heterocycles. The van der Waals surface area contributed by atoms with Crippen LogP contribution in [0, 0.1) is 0 Å². The molecule has 0 unspecified atom stereocenters. The topological polar surface area (TPSA) is 57.7 Å². The lowest BCUT2D eigenvalue weighted by molar-refractivity contribution is -0.191. The Bertz CT molecular complexity index is 459. The molecule has 2 heterocycles. The Balaban J connectivity index is 1.90. The van der Waals surface area contributed by atoms with E-state index in [0.717, 1.165) is 37.6 Å². The van der Waals surface area contributed by atoms with Crippen molar-refractivity contribution in [3.63, 3.8) is 0 Å². The maximum absolute atomic E-state index is 11.5. The predicted octanol–water partition coefficient (Wildman–Crippen LogP) is 1.89. The van der Waals surface area contributed by atoms with Crippen LogP contribution in [0.2, 0.25) is 0 Å². The summed E-state index contributed by atoms with van der Waals surface area (Å²) in [5.41, 5.74) is 1.05. The summed E-state index contributed by atoms with van der Waals surface area (Å²) in [5, 5.41) is 5.08. The van der Waals surface area contributed by atoms with Gasteiger partial charge in [-0.25, -0.2) is 4.98 Å². The number of anilines is 2. The van der Waals surface area contributed by atoms with Gasteiger partial charge in [0.25, 0.3) is 0 Å². The minimum Gasteiger partial charge on any atom is -0.382 e. The number of aromatic nitrogens is 1. The van der Waals surface area contributed by atoms with Crippen molar-refractivity contribution in [3.05, 3.63) is 18.3 Å². The first kappa shape index (κ1) is 15.6. The Morgan fingerprint density at radius 1 is 1.33 bits per heavy atom. The van der Waals surface area contributed by atoms with Gasteiger partial charge in [0.15, 0.2) is 5.82 Å². The molecule has 2 rings (SSSR count). The molecule has 0 spiro atoms. The third-order valence-corrected chi connectivity index (χ3v) is 3.38. The molecule has 0 saturated carbocycles. The third kappa shape index (κ3) is 4.32. The lowest BCUT2D eigenvalue weighted by atomic mass is 10.3. The highest BCUT2D eigenvalue weighted by Crippen LogP contribution is 2.23. The Kier molecular flexibility index (Phi) is 5.80. The van der Waals surface area contributed by atoms with Crippen molar-refractivity contribution in [1.29, 1.82) is 0 Å². The second-order valence-corrected chi connectivity index (χ2v) is 5.03. The van der Waals surface area contributed by atoms with Crippen molar-refractivity contribution < 1.29 is 9.63 Å². The van der Waals surface area contributed by atoms with Crippen molar-refractivity contribution in [1.82, 2.24) is 10.0 Å². The summed E-state index contributed by atoms with van der Waals surface area (Å²) in [6, 6.07) is 3.98. The highest BCUT2D eigenvalue weighted by atomic mass is 16.7. The van der Waals surface area contributed by atoms with E-state index in [1.807, 2.05) is 25.3 Å². The highest BCUT2D eigenvalue weighted by Gasteiger charge is 2.22. The van der Waals surface area contributed by atoms with Crippen molar-refractivity contribution in [2.24, 2.45) is 0 Å². The van der Waals surface area contributed by atoms with Gasteiger partial charge in [-0.1, -0.05) is 6.92 Å². The predicted molar refractivity (Wildman–Crippen MR) is 83.2 cm³/mol. The third-order valence-electron chi connectivity index (χ3n) is 3.38. The van der Waals surface area contributed by atoms with Crippen LogP contribution in [-0.2, 0) is 9.63 Å². The number of carbonyl (C=O) groups excluding carboxylic acids is 1. The van der Waals surface area contributed by atoms with Gasteiger partial charge < -0.3 is 15.1 Å². The van der Waals surface area contributed by atoms with Crippen LogP contribution in [0.3, 0.4) is 0 Å². The van der Waals surface area contributed by atoms with E-state index in [1.54, 1.807) is 5.06 Å². The van der Waals surface area contributed by atoms with Crippen LogP contribution in [0.1, 0.15) is 26.7 Å². The maximum atomic E-state index is 11.5. The van der Waals surface area contributed by atoms with E-state index < -0.39 is 0 Å². The average Bonchev–Trinajstić information content (AvgIpc) is 2.49. The summed E-state index contributed by atoms with van der Waals surface area (Å²) in [7, 11) is 0. The first-order valence-electron chi connectivity index (χ1n) is 7.64. The van der Waals surface area contributed by atoms with Gasteiger partial charge in [-0.05, 0) is 25.5 Å². The smallest absolute Gasteiger partial charge is 0.325 e. The van der Waals surface area contributed by atoms with E-state index in [0.29, 0.717) is 19.5 Å². The van der Waals surface area contributed by atoms with E-state index in [2.05, 4.69) is 22.1 Å². The number of nitrogens with zero attached hydrogens (tertiary/aromatic N) is 3. The van der Waals surface area contributed by atoms with E-state index in [-0.39, 0.29) is 5.97 Å². The van der Waals surface area contributed by atoms with Crippen LogP contribution in [0.5, 0.6) is 0 Å². The fourth-order valence-electron chi connectivity index (χ4n) is 2.36. The molecule has 1 aromatic rings. The summed E-state index contributed by atoms with van der Waals surface area (Å²) in [6.45, 7) is 7.93. The molecule has 1 saturated heterocycles. The van der Waals surface area contributed by atoms with Gasteiger partial charge in [-0.15, -0.1) is 5.06 Å². The fourth-order valence-corrected chi connectivity index (χ4v) is 2.36. The molecule has 0 aromatic carbocycles. The molecule has 0 radical (unpaired) electrons. The molecule has 1 N–H and O–H groups in total. The van der Waals surface area contributed by atoms with E-state index in [1.165, 1.54) is 0 Å². The number of nitrogens with one attached hydrogen (secondary N) is 1. The summed E-state index contributed by atoms with van der Waals surface area (Å²) >= 11 is 0. The van der Waals surface area contributed by atoms with Gasteiger partial charge in [0.05, 0.1) is 18.8 Å². The Hall–Kier alpha value is -1.82. The second kappa shape index (κ2) is 7.83. The summed E-state index contributed by atoms with van der Waals surface area (Å²) in [6.07, 6.45) is 3.10. The Morgan fingerprint density at radius 3 is 2.76 bits per heavy atom. The van der Waals surface area contributed by atoms with Crippen LogP contribution in [-0.4, -0.2) is 48.7 Å². The molecule has 6 heteroatoms. The molecule has 0 atom stereocenters. The molecule has 116 valence electrons. The van der Waals surface area contributed by atoms with E-state index >= 15 is 0 Å². The number of hydrogen-bond acceptors (Lipinski definition) is 6. The summed E-state index contributed by atoms with van der Waals surface area (Å²) < 4.78 is 0. The fraction of sp³-hybridized carbons (Fsp3) is 0.600. The van der Waals surface area contributed by atoms with E-state index in [4.69, 9.17) is 4.84 Å². The quantitative estimate of drug-likeness (QED) is 0.864. The lowest BCUT2D eigenvalue weighted by Crippen LogP contribution is -2.47. The highest BCUT2D eigenvalue weighted by molar-refractivity contribution is 5.69. The van der Waals surface area contributed by atoms with Crippen molar-refractivity contribution in [3.8, 4) is 0 Å². The van der Waals surface area contributed by atoms with Gasteiger partial charge in [0.2, 0.25) is 0 Å². The Morgan fingerprint density at radius 2 is 2.10 bits per heavy atom. The number of hydrogen-bond donors (Lipinski definition) is 1. The normalized spacial score (nSPS) is 15.8. The molecule has 1 fully saturated rings. The molecular weight excluding hydrogens is 268 g/mol. The van der Waals surface area contributed by atoms with Gasteiger partial charge in [-0.2, -0.15) is 0 Å². The SMILES string of the molecule is CCCC(=O)ON1CCN(c2ncccc2NCC)CC1. The zero-order valence-electron chi connectivity index (χ0n) is 12.8. The van der Waals surface area contributed by atoms with Crippen molar-refractivity contribution in [2.75, 3.05) is 42.9 Å². The largest absolute Gasteiger partial charge is 0.382 e. The summed E-state index contributed by atoms with van der Waals surface area (Å²) in [5.74, 6) is 0.830. The van der Waals surface area contributed by atoms with E-state index in [9.17, 15) is 4.79 Å². The van der Waals surface area contributed by atoms with Crippen molar-refractivity contribution in [2.45, 2.75) is 26.7 Å². The Labute approximate surface area is 126 Å². The van der Waals surface area contributed by atoms with Crippen LogP contribution < -0.4 is 10.2 Å². The maximum Gasteiger partial charge on any atom is 0.325 e. The number of pyridine rings is 1. The standard InChI is InChI=1S/C15H24N4O2/c1-3-6-14(20)21-19-11-9-18(10-12-19)15-13(16-4-2)7-5-8-17-15/h5,7-8,16H,3-4,6,9-12H2,1-2H3. The molecular formula is C15H24N4O2. The van der Waals surface area contributed by atoms with Crippen LogP contribution in [0.15, 0.2) is 18.3 Å². The minimum absolute atomic E-state index is 0.142. The molecule has 0 aliphatic carbocycles. The van der Waals surface area contributed by atoms with Crippen LogP contribution in [0.25, 0.3) is 0 Å². The zero-order valence-corrected chi connectivity index (χ0v) is 12.8. The average molecular weight is 292 g/mol. The molecule has 1 aliphatic heterocycles. The van der Waals surface area contributed by atoms with Gasteiger partial charge in [-0.3, -0.25) is 4.79 Å². The van der Waals surface area contributed by atoms with Gasteiger partial charge >= 0.3 is 5.97 Å². The molecule has 0 amide bonds. The first-order valence-corrected chi connectivity index (χ1v) is 7.64. The van der Waals surface area contributed by atoms with Gasteiger partial charge in [0, 0.05) is 32.3 Å². The molecule has 1 aliphatic rings. The lowest BCUT2D eigenvalue weighted by Gasteiger charge is -2.34. The number of hydroxylamine groups is 2. The van der Waals surface area contributed by atoms with Crippen LogP contribution >= 0.6 is 0 Å². The molecule has 21 heavy (non-hydrogen) atoms. The monoisotopic (exact) mass is 292 g/mol. The van der Waals surface area contributed by atoms with Crippen LogP contribution in [0.4, 0.5) is 11.5 Å². The number of piperazine rings is 1. The number of carbonyl (C=O) groups is 1. The molecule has 6 nitrogen and oxygen atoms in total. The van der Waals surface area contributed by atoms with Crippen molar-refractivity contribution >= 4 is 17.5 Å². The zero-order chi connectivity index (χ0) is 15.1. The summed E-state index contributed by atoms with van der Waals surface area (Å²) in [4.78, 5) is 23.5. The van der Waals surface area contributed by atoms with Gasteiger partial charge in [0.1, 0.15) is 0 Å².